The molecule has 1 unspecified atom stereocenters. The minimum Gasteiger partial charge on any atom is -0.491 e. The van der Waals surface area contributed by atoms with Crippen LogP contribution in [0.4, 0.5) is 0 Å². The maximum Gasteiger partial charge on any atom is 0.119 e. The first-order valence-electron chi connectivity index (χ1n) is 6.96. The molecule has 0 spiro atoms. The number of benzene rings is 1. The molecule has 0 amide bonds. The highest BCUT2D eigenvalue weighted by atomic mass is 32.1. The molecule has 108 valence electrons. The van der Waals surface area contributed by atoms with Crippen molar-refractivity contribution in [3.63, 3.8) is 0 Å². The molecule has 0 aliphatic heterocycles. The van der Waals surface area contributed by atoms with Crippen LogP contribution in [0.5, 0.6) is 5.75 Å². The summed E-state index contributed by atoms with van der Waals surface area (Å²) in [7, 11) is 0. The molecule has 3 nitrogen and oxygen atoms in total. The van der Waals surface area contributed by atoms with E-state index in [2.05, 4.69) is 36.3 Å². The van der Waals surface area contributed by atoms with Crippen LogP contribution in [-0.4, -0.2) is 11.1 Å². The first-order valence-corrected chi connectivity index (χ1v) is 7.77. The summed E-state index contributed by atoms with van der Waals surface area (Å²) < 4.78 is 5.64. The molecule has 1 aromatic carbocycles. The molecule has 1 aromatic heterocycles. The Kier molecular flexibility index (Phi) is 5.15. The molecule has 0 saturated carbocycles. The summed E-state index contributed by atoms with van der Waals surface area (Å²) in [6.45, 7) is 9.14. The van der Waals surface area contributed by atoms with Crippen LogP contribution < -0.4 is 10.1 Å². The number of hydrogen-bond acceptors (Lipinski definition) is 4. The maximum atomic E-state index is 5.64. The number of hydrogen-bond donors (Lipinski definition) is 1. The zero-order chi connectivity index (χ0) is 14.5. The second kappa shape index (κ2) is 6.86. The summed E-state index contributed by atoms with van der Waals surface area (Å²) in [4.78, 5) is 5.66. The summed E-state index contributed by atoms with van der Waals surface area (Å²) in [6.07, 6.45) is 2.14. The highest BCUT2D eigenvalue weighted by Gasteiger charge is 2.08. The van der Waals surface area contributed by atoms with E-state index in [-0.39, 0.29) is 12.1 Å². The zero-order valence-electron chi connectivity index (χ0n) is 12.5. The van der Waals surface area contributed by atoms with Crippen LogP contribution in [0, 0.1) is 6.92 Å². The minimum absolute atomic E-state index is 0.215. The second-order valence-electron chi connectivity index (χ2n) is 5.22. The van der Waals surface area contributed by atoms with Gasteiger partial charge in [-0.15, -0.1) is 11.3 Å². The Bertz CT molecular complexity index is 534. The van der Waals surface area contributed by atoms with E-state index in [9.17, 15) is 0 Å². The number of thiazole rings is 1. The first kappa shape index (κ1) is 15.0. The van der Waals surface area contributed by atoms with Gasteiger partial charge < -0.3 is 10.1 Å². The maximum absolute atomic E-state index is 5.64. The Labute approximate surface area is 125 Å². The fraction of sp³-hybridized carbons (Fsp3) is 0.438. The highest BCUT2D eigenvalue weighted by Crippen LogP contribution is 2.20. The summed E-state index contributed by atoms with van der Waals surface area (Å²) in [5.74, 6) is 0.923. The van der Waals surface area contributed by atoms with Gasteiger partial charge in [-0.25, -0.2) is 4.98 Å². The van der Waals surface area contributed by atoms with E-state index in [1.54, 1.807) is 11.3 Å². The number of nitrogens with zero attached hydrogens (tertiary/aromatic N) is 1. The summed E-state index contributed by atoms with van der Waals surface area (Å²) in [5.41, 5.74) is 1.25. The van der Waals surface area contributed by atoms with Crippen LogP contribution in [0.1, 0.15) is 42.3 Å². The van der Waals surface area contributed by atoms with E-state index in [0.717, 1.165) is 17.3 Å². The number of rotatable bonds is 6. The van der Waals surface area contributed by atoms with Gasteiger partial charge >= 0.3 is 0 Å². The largest absolute Gasteiger partial charge is 0.491 e. The fourth-order valence-corrected chi connectivity index (χ4v) is 2.69. The monoisotopic (exact) mass is 290 g/mol. The Morgan fingerprint density at radius 3 is 2.45 bits per heavy atom. The molecule has 0 bridgehead atoms. The molecule has 0 radical (unpaired) electrons. The average Bonchev–Trinajstić information content (AvgIpc) is 2.84. The van der Waals surface area contributed by atoms with Gasteiger partial charge in [0.1, 0.15) is 10.8 Å². The van der Waals surface area contributed by atoms with Gasteiger partial charge in [-0.05, 0) is 45.4 Å². The van der Waals surface area contributed by atoms with Crippen LogP contribution in [0.15, 0.2) is 30.5 Å². The molecule has 1 atom stereocenters. The van der Waals surface area contributed by atoms with Crippen LogP contribution in [0.25, 0.3) is 0 Å². The smallest absolute Gasteiger partial charge is 0.119 e. The number of aromatic nitrogens is 1. The lowest BCUT2D eigenvalue weighted by Crippen LogP contribution is -2.17. The number of ether oxygens (including phenoxy) is 1. The van der Waals surface area contributed by atoms with Gasteiger partial charge in [-0.1, -0.05) is 12.1 Å². The van der Waals surface area contributed by atoms with Gasteiger partial charge in [0.15, 0.2) is 0 Å². The topological polar surface area (TPSA) is 34.2 Å². The van der Waals surface area contributed by atoms with Crippen molar-refractivity contribution in [3.8, 4) is 5.75 Å². The second-order valence-corrected chi connectivity index (χ2v) is 6.49. The third kappa shape index (κ3) is 4.32. The quantitative estimate of drug-likeness (QED) is 0.870. The van der Waals surface area contributed by atoms with E-state index >= 15 is 0 Å². The van der Waals surface area contributed by atoms with Crippen molar-refractivity contribution >= 4 is 11.3 Å². The molecule has 1 heterocycles. The molecule has 2 aromatic rings. The van der Waals surface area contributed by atoms with Crippen molar-refractivity contribution in [1.82, 2.24) is 10.3 Å². The molecule has 4 heteroatoms. The SMILES string of the molecule is Cc1cnc(C(C)NCc2ccc(OC(C)C)cc2)s1. The third-order valence-electron chi connectivity index (χ3n) is 2.92. The van der Waals surface area contributed by atoms with Crippen molar-refractivity contribution < 1.29 is 4.74 Å². The third-order valence-corrected chi connectivity index (χ3v) is 4.01. The van der Waals surface area contributed by atoms with E-state index in [1.807, 2.05) is 32.2 Å². The number of aryl methyl sites for hydroxylation is 1. The number of nitrogens with one attached hydrogen (secondary N) is 1. The summed E-state index contributed by atoms with van der Waals surface area (Å²) in [5, 5.41) is 4.64. The van der Waals surface area contributed by atoms with E-state index in [1.165, 1.54) is 10.4 Å². The van der Waals surface area contributed by atoms with Crippen LogP contribution in [0.3, 0.4) is 0 Å². The van der Waals surface area contributed by atoms with Gasteiger partial charge in [-0.3, -0.25) is 0 Å². The lowest BCUT2D eigenvalue weighted by molar-refractivity contribution is 0.242. The summed E-state index contributed by atoms with van der Waals surface area (Å²) >= 11 is 1.75. The van der Waals surface area contributed by atoms with Crippen molar-refractivity contribution in [3.05, 3.63) is 45.9 Å². The van der Waals surface area contributed by atoms with Crippen LogP contribution in [0.2, 0.25) is 0 Å². The van der Waals surface area contributed by atoms with Crippen LogP contribution >= 0.6 is 11.3 Å². The van der Waals surface area contributed by atoms with Gasteiger partial charge in [0, 0.05) is 17.6 Å². The zero-order valence-corrected chi connectivity index (χ0v) is 13.3. The fourth-order valence-electron chi connectivity index (χ4n) is 1.89. The van der Waals surface area contributed by atoms with E-state index in [4.69, 9.17) is 4.74 Å². The van der Waals surface area contributed by atoms with Crippen molar-refractivity contribution in [2.75, 3.05) is 0 Å². The molecule has 0 aliphatic rings. The molecule has 20 heavy (non-hydrogen) atoms. The molecule has 0 aliphatic carbocycles. The van der Waals surface area contributed by atoms with Gasteiger partial charge in [-0.2, -0.15) is 0 Å². The molecular weight excluding hydrogens is 268 g/mol. The van der Waals surface area contributed by atoms with E-state index < -0.39 is 0 Å². The Morgan fingerprint density at radius 1 is 1.20 bits per heavy atom. The molecule has 0 saturated heterocycles. The molecule has 1 N–H and O–H groups in total. The summed E-state index contributed by atoms with van der Waals surface area (Å²) in [6, 6.07) is 8.53. The predicted molar refractivity (Wildman–Crippen MR) is 84.3 cm³/mol. The van der Waals surface area contributed by atoms with Gasteiger partial charge in [0.05, 0.1) is 12.1 Å². The van der Waals surface area contributed by atoms with Gasteiger partial charge in [0.2, 0.25) is 0 Å². The highest BCUT2D eigenvalue weighted by molar-refractivity contribution is 7.11. The van der Waals surface area contributed by atoms with Gasteiger partial charge in [0.25, 0.3) is 0 Å². The van der Waals surface area contributed by atoms with Crippen LogP contribution in [-0.2, 0) is 6.54 Å². The first-order chi connectivity index (χ1) is 9.54. The molecule has 0 fully saturated rings. The Balaban J connectivity index is 1.87. The average molecular weight is 290 g/mol. The Hall–Kier alpha value is -1.39. The lowest BCUT2D eigenvalue weighted by atomic mass is 10.2. The standard InChI is InChI=1S/C16H22N2OS/c1-11(2)19-15-7-5-14(6-8-15)10-17-13(4)16-18-9-12(3)20-16/h5-9,11,13,17H,10H2,1-4H3. The van der Waals surface area contributed by atoms with Crippen molar-refractivity contribution in [2.45, 2.75) is 46.4 Å². The normalized spacial score (nSPS) is 12.7. The molecular formula is C16H22N2OS. The van der Waals surface area contributed by atoms with Crippen molar-refractivity contribution in [1.29, 1.82) is 0 Å². The Morgan fingerprint density at radius 2 is 1.90 bits per heavy atom. The predicted octanol–water partition coefficient (Wildman–Crippen LogP) is 4.09. The van der Waals surface area contributed by atoms with Crippen molar-refractivity contribution in [2.24, 2.45) is 0 Å². The lowest BCUT2D eigenvalue weighted by Gasteiger charge is -2.12. The minimum atomic E-state index is 0.215. The molecule has 2 rings (SSSR count). The van der Waals surface area contributed by atoms with E-state index in [0.29, 0.717) is 0 Å².